The van der Waals surface area contributed by atoms with Crippen molar-refractivity contribution < 1.29 is 9.18 Å². The van der Waals surface area contributed by atoms with E-state index in [9.17, 15) is 14.0 Å². The van der Waals surface area contributed by atoms with Gasteiger partial charge in [0.25, 0.3) is 5.56 Å². The largest absolute Gasteiger partial charge is 0.312 e. The predicted molar refractivity (Wildman–Crippen MR) is 112 cm³/mol. The van der Waals surface area contributed by atoms with Gasteiger partial charge in [0, 0.05) is 30.2 Å². The van der Waals surface area contributed by atoms with Gasteiger partial charge in [0.2, 0.25) is 5.91 Å². The summed E-state index contributed by atoms with van der Waals surface area (Å²) in [5, 5.41) is 3.79. The molecule has 2 heterocycles. The van der Waals surface area contributed by atoms with E-state index >= 15 is 0 Å². The number of nitrogens with zero attached hydrogens (tertiary/aromatic N) is 2. The highest BCUT2D eigenvalue weighted by Gasteiger charge is 2.33. The van der Waals surface area contributed by atoms with E-state index < -0.39 is 5.92 Å². The summed E-state index contributed by atoms with van der Waals surface area (Å²) in [7, 11) is 1.76. The second-order valence-corrected chi connectivity index (χ2v) is 8.11. The molecular weight excluding hydrogens is 413 g/mol. The number of hydrogen-bond acceptors (Lipinski definition) is 4. The minimum Gasteiger partial charge on any atom is -0.312 e. The molecule has 1 aromatic heterocycles. The first-order chi connectivity index (χ1) is 13.9. The van der Waals surface area contributed by atoms with E-state index in [1.54, 1.807) is 35.9 Å². The molecule has 1 amide bonds. The summed E-state index contributed by atoms with van der Waals surface area (Å²) in [6, 6.07) is 13.4. The molecule has 3 aromatic rings. The minimum atomic E-state index is -0.449. The molecule has 29 heavy (non-hydrogen) atoms. The molecule has 0 aliphatic carbocycles. The zero-order valence-corrected chi connectivity index (χ0v) is 17.1. The smallest absolute Gasteiger partial charge is 0.279 e. The molecule has 1 unspecified atom stereocenters. The number of nitrogens with one attached hydrogen (secondary N) is 1. The maximum atomic E-state index is 13.1. The Morgan fingerprint density at radius 2 is 1.93 bits per heavy atom. The van der Waals surface area contributed by atoms with Gasteiger partial charge in [-0.05, 0) is 29.3 Å². The third-order valence-corrected chi connectivity index (χ3v) is 6.31. The van der Waals surface area contributed by atoms with E-state index in [1.807, 2.05) is 12.1 Å². The summed E-state index contributed by atoms with van der Waals surface area (Å²) < 4.78 is 14.8. The summed E-state index contributed by atoms with van der Waals surface area (Å²) in [6.45, 7) is 0. The van der Waals surface area contributed by atoms with Crippen LogP contribution in [0, 0.1) is 5.82 Å². The van der Waals surface area contributed by atoms with Crippen molar-refractivity contribution in [2.24, 2.45) is 7.05 Å². The molecule has 5 nitrogen and oxygen atoms in total. The highest BCUT2D eigenvalue weighted by atomic mass is 35.5. The fraction of sp³-hybridized carbons (Fsp3) is 0.190. The average Bonchev–Trinajstić information content (AvgIpc) is 2.70. The predicted octanol–water partition coefficient (Wildman–Crippen LogP) is 4.34. The van der Waals surface area contributed by atoms with Crippen molar-refractivity contribution in [2.75, 3.05) is 5.32 Å². The van der Waals surface area contributed by atoms with Gasteiger partial charge in [-0.15, -0.1) is 0 Å². The van der Waals surface area contributed by atoms with E-state index in [-0.39, 0.29) is 23.7 Å². The number of anilines is 1. The van der Waals surface area contributed by atoms with Crippen LogP contribution in [-0.2, 0) is 17.6 Å². The highest BCUT2D eigenvalue weighted by molar-refractivity contribution is 7.98. The molecule has 0 bridgehead atoms. The molecule has 1 N–H and O–H groups in total. The molecule has 0 spiro atoms. The zero-order valence-electron chi connectivity index (χ0n) is 15.5. The summed E-state index contributed by atoms with van der Waals surface area (Å²) in [5.41, 5.74) is 1.69. The van der Waals surface area contributed by atoms with Gasteiger partial charge in [0.05, 0.1) is 5.56 Å². The van der Waals surface area contributed by atoms with E-state index in [0.29, 0.717) is 27.3 Å². The van der Waals surface area contributed by atoms with Gasteiger partial charge in [0.15, 0.2) is 5.16 Å². The lowest BCUT2D eigenvalue weighted by molar-refractivity contribution is -0.116. The maximum Gasteiger partial charge on any atom is 0.279 e. The molecule has 0 fully saturated rings. The van der Waals surface area contributed by atoms with Gasteiger partial charge in [-0.3, -0.25) is 9.59 Å². The van der Waals surface area contributed by atoms with E-state index in [0.717, 1.165) is 11.1 Å². The number of hydrogen-bond donors (Lipinski definition) is 1. The van der Waals surface area contributed by atoms with Crippen LogP contribution in [0.15, 0.2) is 58.5 Å². The quantitative estimate of drug-likeness (QED) is 0.495. The van der Waals surface area contributed by atoms with Crippen molar-refractivity contribution in [1.82, 2.24) is 9.55 Å². The molecular formula is C21H17ClFN3O2S. The molecule has 0 saturated carbocycles. The van der Waals surface area contributed by atoms with Crippen LogP contribution in [0.2, 0.25) is 5.02 Å². The highest BCUT2D eigenvalue weighted by Crippen LogP contribution is 2.38. The van der Waals surface area contributed by atoms with E-state index in [2.05, 4.69) is 10.3 Å². The second kappa shape index (κ2) is 8.00. The average molecular weight is 430 g/mol. The summed E-state index contributed by atoms with van der Waals surface area (Å²) in [5.74, 6) is 0.0217. The molecule has 1 aliphatic heterocycles. The molecule has 148 valence electrons. The Morgan fingerprint density at radius 3 is 2.66 bits per heavy atom. The van der Waals surface area contributed by atoms with Crippen LogP contribution in [-0.4, -0.2) is 15.5 Å². The lowest BCUT2D eigenvalue weighted by Crippen LogP contribution is -2.33. The Hall–Kier alpha value is -2.64. The maximum absolute atomic E-state index is 13.1. The Morgan fingerprint density at radius 1 is 1.21 bits per heavy atom. The number of fused-ring (bicyclic) bond motifs is 1. The normalized spacial score (nSPS) is 15.7. The van der Waals surface area contributed by atoms with Crippen LogP contribution >= 0.6 is 23.4 Å². The van der Waals surface area contributed by atoms with Crippen LogP contribution in [0.1, 0.15) is 29.0 Å². The summed E-state index contributed by atoms with van der Waals surface area (Å²) >= 11 is 7.68. The first-order valence-electron chi connectivity index (χ1n) is 8.96. The second-order valence-electron chi connectivity index (χ2n) is 6.76. The number of carbonyl (C=O) groups excluding carboxylic acids is 1. The third kappa shape index (κ3) is 3.93. The van der Waals surface area contributed by atoms with Gasteiger partial charge in [-0.25, -0.2) is 4.39 Å². The fourth-order valence-corrected chi connectivity index (χ4v) is 4.60. The van der Waals surface area contributed by atoms with Crippen molar-refractivity contribution in [2.45, 2.75) is 23.2 Å². The summed E-state index contributed by atoms with van der Waals surface area (Å²) in [4.78, 5) is 29.5. The Balaban J connectivity index is 1.72. The van der Waals surface area contributed by atoms with Gasteiger partial charge in [-0.2, -0.15) is 4.98 Å². The topological polar surface area (TPSA) is 64.0 Å². The van der Waals surface area contributed by atoms with Crippen molar-refractivity contribution >= 4 is 35.1 Å². The van der Waals surface area contributed by atoms with Gasteiger partial charge >= 0.3 is 0 Å². The molecule has 2 aromatic carbocycles. The molecule has 1 atom stereocenters. The fourth-order valence-electron chi connectivity index (χ4n) is 3.42. The SMILES string of the molecule is Cn1c(SCc2ccc(F)cc2)nc(=O)c2c1NC(=O)CC2c1ccccc1Cl. The number of thioether (sulfide) groups is 1. The molecule has 1 aliphatic rings. The summed E-state index contributed by atoms with van der Waals surface area (Å²) in [6.07, 6.45) is 0.135. The van der Waals surface area contributed by atoms with Crippen LogP contribution in [0.4, 0.5) is 10.2 Å². The zero-order chi connectivity index (χ0) is 20.5. The van der Waals surface area contributed by atoms with Crippen LogP contribution in [0.3, 0.4) is 0 Å². The Bertz CT molecular complexity index is 1150. The van der Waals surface area contributed by atoms with Crippen LogP contribution in [0.5, 0.6) is 0 Å². The van der Waals surface area contributed by atoms with Crippen molar-refractivity contribution in [3.63, 3.8) is 0 Å². The lowest BCUT2D eigenvalue weighted by atomic mass is 9.87. The van der Waals surface area contributed by atoms with Crippen molar-refractivity contribution in [1.29, 1.82) is 0 Å². The van der Waals surface area contributed by atoms with E-state index in [1.165, 1.54) is 23.9 Å². The lowest BCUT2D eigenvalue weighted by Gasteiger charge is -2.28. The number of benzene rings is 2. The van der Waals surface area contributed by atoms with E-state index in [4.69, 9.17) is 11.6 Å². The van der Waals surface area contributed by atoms with Crippen LogP contribution < -0.4 is 10.9 Å². The molecule has 0 saturated heterocycles. The first-order valence-corrected chi connectivity index (χ1v) is 10.3. The Labute approximate surface area is 175 Å². The van der Waals surface area contributed by atoms with Crippen LogP contribution in [0.25, 0.3) is 0 Å². The minimum absolute atomic E-state index is 0.135. The Kier molecular flexibility index (Phi) is 5.43. The first kappa shape index (κ1) is 19.7. The van der Waals surface area contributed by atoms with Gasteiger partial charge < -0.3 is 9.88 Å². The van der Waals surface area contributed by atoms with Gasteiger partial charge in [-0.1, -0.05) is 53.7 Å². The number of aromatic nitrogens is 2. The standard InChI is InChI=1S/C21H17ClFN3O2S/c1-26-19-18(15(10-17(27)24-19)14-4-2-3-5-16(14)22)20(28)25-21(26)29-11-12-6-8-13(23)9-7-12/h2-9,15H,10-11H2,1H3,(H,24,27). The third-order valence-electron chi connectivity index (χ3n) is 4.86. The monoisotopic (exact) mass is 429 g/mol. The van der Waals surface area contributed by atoms with Crippen molar-refractivity contribution in [3.8, 4) is 0 Å². The molecule has 0 radical (unpaired) electrons. The van der Waals surface area contributed by atoms with Gasteiger partial charge in [0.1, 0.15) is 11.6 Å². The molecule has 8 heteroatoms. The number of carbonyl (C=O) groups is 1. The number of halogens is 2. The van der Waals surface area contributed by atoms with Crippen molar-refractivity contribution in [3.05, 3.63) is 86.4 Å². The number of amides is 1. The molecule has 4 rings (SSSR count). The number of rotatable bonds is 4.